The van der Waals surface area contributed by atoms with E-state index in [2.05, 4.69) is 5.10 Å². The lowest BCUT2D eigenvalue weighted by Crippen LogP contribution is -2.54. The third-order valence-electron chi connectivity index (χ3n) is 8.22. The number of carbonyl (C=O) groups excluding carboxylic acids is 1. The van der Waals surface area contributed by atoms with Crippen molar-refractivity contribution in [3.63, 3.8) is 0 Å². The van der Waals surface area contributed by atoms with Crippen LogP contribution >= 0.6 is 11.6 Å². The number of Topliss-reactive ketones (excluding diaryl/α,β-unsaturated/α-hetero) is 1. The third-order valence-corrected chi connectivity index (χ3v) is 8.57. The van der Waals surface area contributed by atoms with Gasteiger partial charge in [0.2, 0.25) is 0 Å². The fourth-order valence-electron chi connectivity index (χ4n) is 6.98. The Morgan fingerprint density at radius 3 is 2.42 bits per heavy atom. The molecule has 0 saturated heterocycles. The highest BCUT2D eigenvalue weighted by molar-refractivity contribution is 6.36. The molecule has 5 saturated carbocycles. The van der Waals surface area contributed by atoms with Gasteiger partial charge in [-0.15, -0.1) is 0 Å². The number of alkyl halides is 3. The Bertz CT molecular complexity index is 866. The molecule has 1 aromatic rings. The van der Waals surface area contributed by atoms with E-state index in [9.17, 15) is 23.1 Å². The van der Waals surface area contributed by atoms with Crippen molar-refractivity contribution in [3.8, 4) is 0 Å². The van der Waals surface area contributed by atoms with E-state index in [1.165, 1.54) is 9.58 Å². The normalized spacial score (nSPS) is 34.8. The van der Waals surface area contributed by atoms with Crippen LogP contribution in [0.4, 0.5) is 19.0 Å². The molecule has 1 N–H and O–H groups in total. The predicted molar refractivity (Wildman–Crippen MR) is 110 cm³/mol. The number of hydrogen-bond donors (Lipinski definition) is 1. The summed E-state index contributed by atoms with van der Waals surface area (Å²) in [6.07, 6.45) is 2.67. The fraction of sp³-hybridized carbons (Fsp3) is 0.818. The van der Waals surface area contributed by atoms with Gasteiger partial charge in [0, 0.05) is 19.5 Å². The van der Waals surface area contributed by atoms with Crippen LogP contribution in [0.15, 0.2) is 0 Å². The molecule has 9 heteroatoms. The van der Waals surface area contributed by atoms with Crippen molar-refractivity contribution in [2.24, 2.45) is 30.7 Å². The summed E-state index contributed by atoms with van der Waals surface area (Å²) in [7, 11) is 1.55. The molecule has 0 radical (unpaired) electrons. The van der Waals surface area contributed by atoms with E-state index in [-0.39, 0.29) is 34.3 Å². The summed E-state index contributed by atoms with van der Waals surface area (Å²) >= 11 is 6.51. The highest BCUT2D eigenvalue weighted by atomic mass is 35.5. The van der Waals surface area contributed by atoms with Gasteiger partial charge in [0.05, 0.1) is 5.60 Å². The first-order chi connectivity index (χ1) is 14.5. The van der Waals surface area contributed by atoms with Crippen LogP contribution in [-0.2, 0) is 7.05 Å². The first kappa shape index (κ1) is 21.6. The largest absolute Gasteiger partial charge is 0.405 e. The number of aromatic nitrogens is 2. The minimum absolute atomic E-state index is 0.0334. The van der Waals surface area contributed by atoms with E-state index in [0.29, 0.717) is 37.0 Å². The fourth-order valence-corrected chi connectivity index (χ4v) is 7.35. The maximum absolute atomic E-state index is 13.2. The van der Waals surface area contributed by atoms with Gasteiger partial charge in [0.25, 0.3) is 0 Å². The van der Waals surface area contributed by atoms with Crippen LogP contribution in [-0.4, -0.2) is 45.0 Å². The summed E-state index contributed by atoms with van der Waals surface area (Å²) in [5.41, 5.74) is -0.481. The van der Waals surface area contributed by atoms with Crippen LogP contribution in [0.1, 0.15) is 68.3 Å². The molecular weight excluding hydrogens is 431 g/mol. The lowest BCUT2D eigenvalue weighted by atomic mass is 9.49. The number of hydrogen-bond acceptors (Lipinski definition) is 4. The molecule has 1 heterocycles. The van der Waals surface area contributed by atoms with Gasteiger partial charge in [-0.1, -0.05) is 11.6 Å². The van der Waals surface area contributed by atoms with E-state index < -0.39 is 18.3 Å². The molecule has 5 aliphatic rings. The zero-order valence-corrected chi connectivity index (χ0v) is 18.4. The van der Waals surface area contributed by atoms with Crippen LogP contribution in [0.5, 0.6) is 0 Å². The van der Waals surface area contributed by atoms with Gasteiger partial charge < -0.3 is 10.0 Å². The second-order valence-electron chi connectivity index (χ2n) is 10.4. The van der Waals surface area contributed by atoms with E-state index in [4.69, 9.17) is 11.6 Å². The Morgan fingerprint density at radius 1 is 1.26 bits per heavy atom. The van der Waals surface area contributed by atoms with Gasteiger partial charge >= 0.3 is 6.18 Å². The molecule has 4 bridgehead atoms. The minimum Gasteiger partial charge on any atom is -0.390 e. The third kappa shape index (κ3) is 3.88. The van der Waals surface area contributed by atoms with Crippen LogP contribution < -0.4 is 4.90 Å². The lowest BCUT2D eigenvalue weighted by molar-refractivity contribution is -0.151. The van der Waals surface area contributed by atoms with Crippen molar-refractivity contribution in [2.75, 3.05) is 11.4 Å². The molecule has 172 valence electrons. The SMILES string of the molecule is Cn1nc(C(=O)CC2C3CC4CC2CC(O)(C4)C3)c(Cl)c1N(CC(F)(F)F)C1CCC1. The van der Waals surface area contributed by atoms with Crippen LogP contribution in [0.3, 0.4) is 0 Å². The summed E-state index contributed by atoms with van der Waals surface area (Å²) in [6, 6.07) is -0.234. The Morgan fingerprint density at radius 2 is 1.90 bits per heavy atom. The molecule has 0 aromatic carbocycles. The molecule has 5 aliphatic carbocycles. The molecule has 5 nitrogen and oxygen atoms in total. The van der Waals surface area contributed by atoms with Gasteiger partial charge in [-0.3, -0.25) is 9.48 Å². The average molecular weight is 460 g/mol. The van der Waals surface area contributed by atoms with Gasteiger partial charge in [0.1, 0.15) is 23.1 Å². The predicted octanol–water partition coefficient (Wildman–Crippen LogP) is 4.75. The van der Waals surface area contributed by atoms with Crippen LogP contribution in [0, 0.1) is 23.7 Å². The van der Waals surface area contributed by atoms with Gasteiger partial charge in [-0.2, -0.15) is 18.3 Å². The molecule has 31 heavy (non-hydrogen) atoms. The number of rotatable bonds is 6. The maximum Gasteiger partial charge on any atom is 0.405 e. The Hall–Kier alpha value is -1.28. The Labute approximate surface area is 184 Å². The number of nitrogens with zero attached hydrogens (tertiary/aromatic N) is 3. The molecular formula is C22H29ClF3N3O2. The lowest BCUT2D eigenvalue weighted by Gasteiger charge is -2.58. The summed E-state index contributed by atoms with van der Waals surface area (Å²) in [6.45, 7) is -1.10. The molecule has 1 aromatic heterocycles. The number of aliphatic hydroxyl groups is 1. The number of anilines is 1. The molecule has 0 aliphatic heterocycles. The minimum atomic E-state index is -4.37. The zero-order valence-electron chi connectivity index (χ0n) is 17.7. The molecule has 5 fully saturated rings. The van der Waals surface area contributed by atoms with E-state index in [1.54, 1.807) is 7.05 Å². The Kier molecular flexibility index (Phi) is 5.13. The van der Waals surface area contributed by atoms with Crippen molar-refractivity contribution >= 4 is 23.2 Å². The monoisotopic (exact) mass is 459 g/mol. The molecule has 6 rings (SSSR count). The second-order valence-corrected chi connectivity index (χ2v) is 10.8. The summed E-state index contributed by atoms with van der Waals surface area (Å²) in [5.74, 6) is 1.40. The molecule has 0 amide bonds. The number of ketones is 1. The number of halogens is 4. The van der Waals surface area contributed by atoms with Gasteiger partial charge in [-0.05, 0) is 75.0 Å². The van der Waals surface area contributed by atoms with Crippen molar-refractivity contribution < 1.29 is 23.1 Å². The molecule has 2 unspecified atom stereocenters. The highest BCUT2D eigenvalue weighted by Gasteiger charge is 2.55. The number of aryl methyl sites for hydroxylation is 1. The summed E-state index contributed by atoms with van der Waals surface area (Å²) in [4.78, 5) is 14.5. The summed E-state index contributed by atoms with van der Waals surface area (Å²) < 4.78 is 41.1. The van der Waals surface area contributed by atoms with Crippen molar-refractivity contribution in [1.82, 2.24) is 9.78 Å². The molecule has 2 atom stereocenters. The van der Waals surface area contributed by atoms with Crippen LogP contribution in [0.25, 0.3) is 0 Å². The van der Waals surface area contributed by atoms with E-state index >= 15 is 0 Å². The smallest absolute Gasteiger partial charge is 0.390 e. The second kappa shape index (κ2) is 7.37. The van der Waals surface area contributed by atoms with Gasteiger partial charge in [0.15, 0.2) is 5.78 Å². The average Bonchev–Trinajstić information content (AvgIpc) is 2.87. The van der Waals surface area contributed by atoms with E-state index in [1.807, 2.05) is 0 Å². The quantitative estimate of drug-likeness (QED) is 0.623. The van der Waals surface area contributed by atoms with Crippen molar-refractivity contribution in [2.45, 2.75) is 75.6 Å². The number of carbonyl (C=O) groups is 1. The standard InChI is InChI=1S/C22H29ClF3N3O2/c1-28-20(29(11-22(24,25)26)15-3-2-4-15)18(23)19(27-28)17(30)7-16-13-5-12-6-14(16)10-21(31,8-12)9-13/h12-16,31H,2-11H2,1H3. The first-order valence-electron chi connectivity index (χ1n) is 11.3. The topological polar surface area (TPSA) is 58.4 Å². The first-order valence-corrected chi connectivity index (χ1v) is 11.7. The van der Waals surface area contributed by atoms with Crippen molar-refractivity contribution in [1.29, 1.82) is 0 Å². The van der Waals surface area contributed by atoms with E-state index in [0.717, 1.165) is 38.5 Å². The molecule has 0 spiro atoms. The van der Waals surface area contributed by atoms with Gasteiger partial charge in [-0.25, -0.2) is 0 Å². The van der Waals surface area contributed by atoms with Crippen LogP contribution in [0.2, 0.25) is 5.02 Å². The Balaban J connectivity index is 1.37. The zero-order chi connectivity index (χ0) is 22.1. The maximum atomic E-state index is 13.2. The van der Waals surface area contributed by atoms with Crippen molar-refractivity contribution in [3.05, 3.63) is 10.7 Å². The summed E-state index contributed by atoms with van der Waals surface area (Å²) in [5, 5.41) is 15.1. The highest BCUT2D eigenvalue weighted by Crippen LogP contribution is 2.59.